The predicted molar refractivity (Wildman–Crippen MR) is 91.6 cm³/mol. The Labute approximate surface area is 137 Å². The highest BCUT2D eigenvalue weighted by Gasteiger charge is 2.04. The van der Waals surface area contributed by atoms with E-state index in [1.807, 2.05) is 12.1 Å². The van der Waals surface area contributed by atoms with Crippen molar-refractivity contribution in [1.82, 2.24) is 0 Å². The number of carbonyl (C=O) groups is 1. The maximum atomic E-state index is 11.7. The zero-order valence-corrected chi connectivity index (χ0v) is 14.7. The molecular formula is C18H27BrO2. The second kappa shape index (κ2) is 11.8. The van der Waals surface area contributed by atoms with Crippen LogP contribution in [0.2, 0.25) is 0 Å². The number of benzene rings is 1. The minimum atomic E-state index is -0.125. The van der Waals surface area contributed by atoms with Gasteiger partial charge in [-0.3, -0.25) is 4.79 Å². The summed E-state index contributed by atoms with van der Waals surface area (Å²) in [5.41, 5.74) is 0. The van der Waals surface area contributed by atoms with Gasteiger partial charge >= 0.3 is 5.97 Å². The van der Waals surface area contributed by atoms with Gasteiger partial charge in [-0.05, 0) is 30.7 Å². The van der Waals surface area contributed by atoms with Gasteiger partial charge in [0.1, 0.15) is 5.75 Å². The Balaban J connectivity index is 1.97. The highest BCUT2D eigenvalue weighted by molar-refractivity contribution is 9.10. The molecule has 0 atom stereocenters. The lowest BCUT2D eigenvalue weighted by molar-refractivity contribution is -0.134. The quantitative estimate of drug-likeness (QED) is 0.265. The Morgan fingerprint density at radius 2 is 1.43 bits per heavy atom. The van der Waals surface area contributed by atoms with Crippen LogP contribution in [0.25, 0.3) is 0 Å². The van der Waals surface area contributed by atoms with Gasteiger partial charge in [0.05, 0.1) is 0 Å². The van der Waals surface area contributed by atoms with Crippen LogP contribution in [-0.2, 0) is 4.79 Å². The Kier molecular flexibility index (Phi) is 10.2. The molecule has 3 heteroatoms. The summed E-state index contributed by atoms with van der Waals surface area (Å²) in [4.78, 5) is 11.7. The lowest BCUT2D eigenvalue weighted by Gasteiger charge is -2.04. The lowest BCUT2D eigenvalue weighted by Crippen LogP contribution is -2.07. The van der Waals surface area contributed by atoms with Crippen LogP contribution in [0, 0.1) is 0 Å². The van der Waals surface area contributed by atoms with Crippen molar-refractivity contribution in [2.75, 3.05) is 0 Å². The molecule has 1 aromatic rings. The summed E-state index contributed by atoms with van der Waals surface area (Å²) in [6.07, 6.45) is 11.9. The summed E-state index contributed by atoms with van der Waals surface area (Å²) >= 11 is 3.36. The fraction of sp³-hybridized carbons (Fsp3) is 0.611. The predicted octanol–water partition coefficient (Wildman–Crippen LogP) is 6.28. The van der Waals surface area contributed by atoms with Crippen LogP contribution >= 0.6 is 15.9 Å². The van der Waals surface area contributed by atoms with Gasteiger partial charge in [0.25, 0.3) is 0 Å². The van der Waals surface area contributed by atoms with Crippen molar-refractivity contribution in [3.8, 4) is 5.75 Å². The molecule has 0 saturated heterocycles. The van der Waals surface area contributed by atoms with E-state index in [0.717, 1.165) is 17.3 Å². The third-order valence-corrected chi connectivity index (χ3v) is 4.06. The van der Waals surface area contributed by atoms with E-state index in [9.17, 15) is 4.79 Å². The summed E-state index contributed by atoms with van der Waals surface area (Å²) in [6.45, 7) is 2.24. The summed E-state index contributed by atoms with van der Waals surface area (Å²) in [5.74, 6) is 0.499. The van der Waals surface area contributed by atoms with Crippen molar-refractivity contribution in [1.29, 1.82) is 0 Å². The normalized spacial score (nSPS) is 10.6. The first-order valence-electron chi connectivity index (χ1n) is 8.18. The van der Waals surface area contributed by atoms with E-state index in [-0.39, 0.29) is 5.97 Å². The number of hydrogen-bond donors (Lipinski definition) is 0. The minimum Gasteiger partial charge on any atom is -0.427 e. The van der Waals surface area contributed by atoms with Crippen LogP contribution < -0.4 is 4.74 Å². The molecule has 0 N–H and O–H groups in total. The van der Waals surface area contributed by atoms with E-state index in [1.165, 1.54) is 44.9 Å². The van der Waals surface area contributed by atoms with E-state index >= 15 is 0 Å². The number of hydrogen-bond acceptors (Lipinski definition) is 2. The molecule has 2 nitrogen and oxygen atoms in total. The largest absolute Gasteiger partial charge is 0.427 e. The first-order chi connectivity index (χ1) is 10.2. The first kappa shape index (κ1) is 18.2. The summed E-state index contributed by atoms with van der Waals surface area (Å²) in [5, 5.41) is 0. The van der Waals surface area contributed by atoms with Crippen molar-refractivity contribution < 1.29 is 9.53 Å². The maximum absolute atomic E-state index is 11.7. The molecule has 0 aliphatic carbocycles. The molecule has 0 unspecified atom stereocenters. The number of halogens is 1. The molecule has 118 valence electrons. The fourth-order valence-corrected chi connectivity index (χ4v) is 2.53. The zero-order valence-electron chi connectivity index (χ0n) is 13.1. The monoisotopic (exact) mass is 354 g/mol. The van der Waals surface area contributed by atoms with E-state index < -0.39 is 0 Å². The Hall–Kier alpha value is -0.830. The van der Waals surface area contributed by atoms with Crippen LogP contribution in [-0.4, -0.2) is 5.97 Å². The second-order valence-electron chi connectivity index (χ2n) is 5.51. The Bertz CT molecular complexity index is 387. The average molecular weight is 355 g/mol. The molecule has 0 spiro atoms. The molecular weight excluding hydrogens is 328 g/mol. The van der Waals surface area contributed by atoms with Crippen LogP contribution in [0.15, 0.2) is 28.7 Å². The van der Waals surface area contributed by atoms with Crippen LogP contribution in [0.3, 0.4) is 0 Å². The SMILES string of the molecule is CCCCCCCCCCCC(=O)Oc1ccc(Br)cc1. The van der Waals surface area contributed by atoms with Gasteiger partial charge in [0.2, 0.25) is 0 Å². The van der Waals surface area contributed by atoms with Gasteiger partial charge in [-0.25, -0.2) is 0 Å². The molecule has 1 rings (SSSR count). The minimum absolute atomic E-state index is 0.125. The smallest absolute Gasteiger partial charge is 0.311 e. The zero-order chi connectivity index (χ0) is 15.3. The van der Waals surface area contributed by atoms with Crippen molar-refractivity contribution >= 4 is 21.9 Å². The van der Waals surface area contributed by atoms with E-state index in [0.29, 0.717) is 12.2 Å². The van der Waals surface area contributed by atoms with Crippen molar-refractivity contribution in [2.24, 2.45) is 0 Å². The average Bonchev–Trinajstić information content (AvgIpc) is 2.48. The lowest BCUT2D eigenvalue weighted by atomic mass is 10.1. The fourth-order valence-electron chi connectivity index (χ4n) is 2.27. The van der Waals surface area contributed by atoms with E-state index in [4.69, 9.17) is 4.74 Å². The standard InChI is InChI=1S/C18H27BrO2/c1-2-3-4-5-6-7-8-9-10-11-18(20)21-17-14-12-16(19)13-15-17/h12-15H,2-11H2,1H3. The molecule has 21 heavy (non-hydrogen) atoms. The third kappa shape index (κ3) is 9.67. The van der Waals surface area contributed by atoms with Gasteiger partial charge in [-0.15, -0.1) is 0 Å². The molecule has 1 aromatic carbocycles. The number of ether oxygens (including phenoxy) is 1. The maximum Gasteiger partial charge on any atom is 0.311 e. The highest BCUT2D eigenvalue weighted by Crippen LogP contribution is 2.17. The molecule has 0 saturated carbocycles. The van der Waals surface area contributed by atoms with Gasteiger partial charge in [0.15, 0.2) is 0 Å². The molecule has 0 heterocycles. The van der Waals surface area contributed by atoms with Gasteiger partial charge < -0.3 is 4.74 Å². The Morgan fingerprint density at radius 1 is 0.905 bits per heavy atom. The number of esters is 1. The van der Waals surface area contributed by atoms with Crippen molar-refractivity contribution in [3.63, 3.8) is 0 Å². The van der Waals surface area contributed by atoms with Gasteiger partial charge in [-0.1, -0.05) is 74.2 Å². The summed E-state index contributed by atoms with van der Waals surface area (Å²) in [6, 6.07) is 7.36. The number of carbonyl (C=O) groups excluding carboxylic acids is 1. The summed E-state index contributed by atoms with van der Waals surface area (Å²) < 4.78 is 6.27. The van der Waals surface area contributed by atoms with Crippen molar-refractivity contribution in [3.05, 3.63) is 28.7 Å². The van der Waals surface area contributed by atoms with Crippen molar-refractivity contribution in [2.45, 2.75) is 71.1 Å². The molecule has 0 aliphatic rings. The third-order valence-electron chi connectivity index (χ3n) is 3.53. The molecule has 0 aliphatic heterocycles. The van der Waals surface area contributed by atoms with Crippen LogP contribution in [0.5, 0.6) is 5.75 Å². The van der Waals surface area contributed by atoms with E-state index in [1.54, 1.807) is 12.1 Å². The van der Waals surface area contributed by atoms with Crippen LogP contribution in [0.4, 0.5) is 0 Å². The highest BCUT2D eigenvalue weighted by atomic mass is 79.9. The second-order valence-corrected chi connectivity index (χ2v) is 6.42. The Morgan fingerprint density at radius 3 is 2.00 bits per heavy atom. The molecule has 0 bridgehead atoms. The van der Waals surface area contributed by atoms with Gasteiger partial charge in [-0.2, -0.15) is 0 Å². The summed E-state index contributed by atoms with van der Waals surface area (Å²) in [7, 11) is 0. The molecule has 0 aromatic heterocycles. The first-order valence-corrected chi connectivity index (χ1v) is 8.98. The van der Waals surface area contributed by atoms with E-state index in [2.05, 4.69) is 22.9 Å². The number of unbranched alkanes of at least 4 members (excludes halogenated alkanes) is 8. The molecule has 0 radical (unpaired) electrons. The number of rotatable bonds is 11. The molecule has 0 amide bonds. The van der Waals surface area contributed by atoms with Crippen LogP contribution in [0.1, 0.15) is 71.1 Å². The van der Waals surface area contributed by atoms with Gasteiger partial charge in [0, 0.05) is 10.9 Å². The molecule has 0 fully saturated rings. The topological polar surface area (TPSA) is 26.3 Å².